The lowest BCUT2D eigenvalue weighted by molar-refractivity contribution is -0.134. The van der Waals surface area contributed by atoms with Gasteiger partial charge in [0.15, 0.2) is 0 Å². The van der Waals surface area contributed by atoms with Gasteiger partial charge in [0.2, 0.25) is 27.8 Å². The molecule has 17 heteroatoms. The van der Waals surface area contributed by atoms with Crippen molar-refractivity contribution in [3.63, 3.8) is 0 Å². The number of benzene rings is 2. The number of pyridine rings is 1. The Morgan fingerprint density at radius 2 is 1.71 bits per heavy atom. The Kier molecular flexibility index (Phi) is 11.1. The molecule has 14 nitrogen and oxygen atoms in total. The molecule has 3 atom stereocenters. The number of piperidine rings is 2. The molecule has 3 unspecified atom stereocenters. The van der Waals surface area contributed by atoms with E-state index in [1.54, 1.807) is 25.1 Å². The molecule has 1 saturated carbocycles. The number of hydrogen-bond donors (Lipinski definition) is 3. The zero-order chi connectivity index (χ0) is 40.8. The fourth-order valence-electron chi connectivity index (χ4n) is 8.92. The van der Waals surface area contributed by atoms with Crippen molar-refractivity contribution in [1.29, 1.82) is 0 Å². The van der Waals surface area contributed by atoms with Crippen molar-refractivity contribution in [2.75, 3.05) is 49.5 Å². The number of rotatable bonds is 10. The zero-order valence-corrected chi connectivity index (χ0v) is 33.1. The Labute approximate surface area is 335 Å². The largest absolute Gasteiger partial charge is 0.388 e. The number of carbonyl (C=O) groups excluding carboxylic acids is 2. The van der Waals surface area contributed by atoms with Crippen molar-refractivity contribution in [3.05, 3.63) is 87.8 Å². The lowest BCUT2D eigenvalue weighted by atomic mass is 9.90. The molecule has 2 aromatic carbocycles. The van der Waals surface area contributed by atoms with E-state index in [4.69, 9.17) is 0 Å². The number of hydrogen-bond acceptors (Lipinski definition) is 11. The number of aliphatic hydroxyl groups is 1. The molecule has 1 aliphatic carbocycles. The predicted molar refractivity (Wildman–Crippen MR) is 213 cm³/mol. The van der Waals surface area contributed by atoms with E-state index in [0.29, 0.717) is 51.5 Å². The Morgan fingerprint density at radius 3 is 2.38 bits per heavy atom. The van der Waals surface area contributed by atoms with Gasteiger partial charge in [-0.1, -0.05) is 24.3 Å². The summed E-state index contributed by atoms with van der Waals surface area (Å²) >= 11 is 0. The molecule has 0 spiro atoms. The van der Waals surface area contributed by atoms with Crippen LogP contribution in [0.25, 0.3) is 11.0 Å². The van der Waals surface area contributed by atoms with Crippen molar-refractivity contribution in [3.8, 4) is 0 Å². The van der Waals surface area contributed by atoms with Gasteiger partial charge in [0, 0.05) is 75.5 Å². The van der Waals surface area contributed by atoms with Gasteiger partial charge in [0.05, 0.1) is 28.0 Å². The molecule has 2 aromatic heterocycles. The van der Waals surface area contributed by atoms with Gasteiger partial charge < -0.3 is 15.3 Å². The highest BCUT2D eigenvalue weighted by atomic mass is 32.2. The molecule has 2 amide bonds. The van der Waals surface area contributed by atoms with Crippen LogP contribution in [0.4, 0.5) is 20.4 Å². The summed E-state index contributed by atoms with van der Waals surface area (Å²) in [7, 11) is -3.77. The molecule has 3 N–H and O–H groups in total. The maximum absolute atomic E-state index is 13.9. The highest BCUT2D eigenvalue weighted by Gasteiger charge is 2.40. The first-order valence-corrected chi connectivity index (χ1v) is 21.4. The van der Waals surface area contributed by atoms with Crippen LogP contribution in [0.2, 0.25) is 0 Å². The molecule has 4 fully saturated rings. The van der Waals surface area contributed by atoms with Gasteiger partial charge >= 0.3 is 0 Å². The lowest BCUT2D eigenvalue weighted by Gasteiger charge is -2.36. The normalized spacial score (nSPS) is 24.1. The number of piperazine rings is 1. The lowest BCUT2D eigenvalue weighted by Crippen LogP contribution is -2.46. The van der Waals surface area contributed by atoms with E-state index in [1.807, 2.05) is 30.3 Å². The average Bonchev–Trinajstić information content (AvgIpc) is 3.56. The molecule has 3 saturated heterocycles. The van der Waals surface area contributed by atoms with Crippen LogP contribution in [0, 0.1) is 0 Å². The van der Waals surface area contributed by atoms with E-state index in [9.17, 15) is 36.7 Å². The van der Waals surface area contributed by atoms with E-state index >= 15 is 0 Å². The van der Waals surface area contributed by atoms with E-state index in [-0.39, 0.29) is 58.7 Å². The standard InChI is InChI=1S/C41H48F2N8O6S/c1-41(55)15-3-6-34(41)51-37-28(23-33(36(42)43)39(51)54)24-44-40(47-37)45-29-13-16-50(17-14-29)58(56,57)31-5-2-4-26(22-31)25-48-18-20-49(21-19-48)30-9-7-27(8-10-30)32-11-12-35(52)46-38(32)53/h2,4-5,7-10,22-24,29,32,34,36,55H,3,6,11-21,25H2,1H3,(H,44,45,47)(H,46,52,53). The summed E-state index contributed by atoms with van der Waals surface area (Å²) in [4.78, 5) is 50.9. The highest BCUT2D eigenvalue weighted by Crippen LogP contribution is 2.40. The van der Waals surface area contributed by atoms with Gasteiger partial charge in [0.1, 0.15) is 5.65 Å². The fraction of sp³-hybridized carbons (Fsp3) is 0.488. The number of amides is 2. The Hall–Kier alpha value is -4.84. The van der Waals surface area contributed by atoms with Gasteiger partial charge in [0.25, 0.3) is 12.0 Å². The molecule has 8 rings (SSSR count). The maximum atomic E-state index is 13.9. The molecule has 0 bridgehead atoms. The number of anilines is 2. The minimum absolute atomic E-state index is 0.166. The molecule has 3 aliphatic heterocycles. The zero-order valence-electron chi connectivity index (χ0n) is 32.3. The van der Waals surface area contributed by atoms with Crippen molar-refractivity contribution in [2.45, 2.75) is 93.3 Å². The molecular weight excluding hydrogens is 771 g/mol. The highest BCUT2D eigenvalue weighted by molar-refractivity contribution is 7.89. The van der Waals surface area contributed by atoms with E-state index < -0.39 is 39.2 Å². The number of nitrogens with one attached hydrogen (secondary N) is 2. The summed E-state index contributed by atoms with van der Waals surface area (Å²) in [6, 6.07) is 15.3. The van der Waals surface area contributed by atoms with Crippen LogP contribution >= 0.6 is 0 Å². The van der Waals surface area contributed by atoms with Crippen LogP contribution in [0.3, 0.4) is 0 Å². The SMILES string of the molecule is CC1(O)CCCC1n1c(=O)c(C(F)F)cc2cnc(NC3CCN(S(=O)(=O)c4cccc(CN5CCN(c6ccc(C7CCC(=O)NC7=O)cc6)CC5)c4)CC3)nc21. The molecule has 308 valence electrons. The second-order valence-corrected chi connectivity index (χ2v) is 18.1. The molecule has 58 heavy (non-hydrogen) atoms. The summed E-state index contributed by atoms with van der Waals surface area (Å²) in [5.41, 5.74) is 0.245. The fourth-order valence-corrected chi connectivity index (χ4v) is 10.5. The summed E-state index contributed by atoms with van der Waals surface area (Å²) in [6.45, 7) is 5.93. The quantitative estimate of drug-likeness (QED) is 0.195. The topological polar surface area (TPSA) is 170 Å². The van der Waals surface area contributed by atoms with Gasteiger partial charge in [-0.3, -0.25) is 29.2 Å². The second-order valence-electron chi connectivity index (χ2n) is 16.1. The number of fused-ring (bicyclic) bond motifs is 1. The number of halogens is 2. The first-order valence-electron chi connectivity index (χ1n) is 20.0. The summed E-state index contributed by atoms with van der Waals surface area (Å²) in [5, 5.41) is 17.0. The third-order valence-corrected chi connectivity index (χ3v) is 14.1. The van der Waals surface area contributed by atoms with Gasteiger partial charge in [-0.15, -0.1) is 0 Å². The van der Waals surface area contributed by atoms with Crippen molar-refractivity contribution < 1.29 is 31.9 Å². The van der Waals surface area contributed by atoms with Crippen LogP contribution in [0.1, 0.15) is 86.9 Å². The number of aromatic nitrogens is 3. The third kappa shape index (κ3) is 8.09. The minimum Gasteiger partial charge on any atom is -0.388 e. The number of sulfonamides is 1. The van der Waals surface area contributed by atoms with E-state index in [0.717, 1.165) is 49.1 Å². The average molecular weight is 819 g/mol. The number of alkyl halides is 2. The molecule has 4 aliphatic rings. The van der Waals surface area contributed by atoms with Gasteiger partial charge in [-0.05, 0) is 86.9 Å². The Morgan fingerprint density at radius 1 is 0.966 bits per heavy atom. The number of carbonyl (C=O) groups is 2. The van der Waals surface area contributed by atoms with E-state index in [2.05, 4.69) is 30.4 Å². The molecule has 5 heterocycles. The predicted octanol–water partition coefficient (Wildman–Crippen LogP) is 4.31. The minimum atomic E-state index is -3.77. The first-order chi connectivity index (χ1) is 27.8. The monoisotopic (exact) mass is 818 g/mol. The first kappa shape index (κ1) is 40.0. The van der Waals surface area contributed by atoms with Crippen LogP contribution < -0.4 is 21.1 Å². The van der Waals surface area contributed by atoms with Gasteiger partial charge in [-0.2, -0.15) is 9.29 Å². The Balaban J connectivity index is 0.868. The number of nitrogens with zero attached hydrogens (tertiary/aromatic N) is 6. The number of imide groups is 1. The van der Waals surface area contributed by atoms with Crippen LogP contribution in [-0.2, 0) is 26.2 Å². The second kappa shape index (κ2) is 16.1. The molecule has 4 aromatic rings. The van der Waals surface area contributed by atoms with Crippen LogP contribution in [0.5, 0.6) is 0 Å². The van der Waals surface area contributed by atoms with Crippen LogP contribution in [0.15, 0.2) is 70.5 Å². The van der Waals surface area contributed by atoms with E-state index in [1.165, 1.54) is 15.1 Å². The van der Waals surface area contributed by atoms with Crippen molar-refractivity contribution in [1.82, 2.24) is 29.1 Å². The van der Waals surface area contributed by atoms with Crippen molar-refractivity contribution >= 4 is 44.5 Å². The summed E-state index contributed by atoms with van der Waals surface area (Å²) in [6.07, 6.45) is 1.72. The Bertz CT molecular complexity index is 2360. The third-order valence-electron chi connectivity index (χ3n) is 12.2. The maximum Gasteiger partial charge on any atom is 0.269 e. The summed E-state index contributed by atoms with van der Waals surface area (Å²) < 4.78 is 58.1. The molecule has 0 radical (unpaired) electrons. The van der Waals surface area contributed by atoms with Gasteiger partial charge in [-0.25, -0.2) is 22.2 Å². The molecular formula is C41H48F2N8O6S. The van der Waals surface area contributed by atoms with Crippen LogP contribution in [-0.4, -0.2) is 100.0 Å². The smallest absolute Gasteiger partial charge is 0.269 e. The summed E-state index contributed by atoms with van der Waals surface area (Å²) in [5.74, 6) is -0.590. The van der Waals surface area contributed by atoms with Crippen molar-refractivity contribution in [2.24, 2.45) is 0 Å².